The maximum Gasteiger partial charge on any atom is 0.416 e. The molecule has 8 heteroatoms. The smallest absolute Gasteiger partial charge is 0.326 e. The van der Waals surface area contributed by atoms with E-state index in [9.17, 15) is 22.8 Å². The fourth-order valence-corrected chi connectivity index (χ4v) is 4.24. The van der Waals surface area contributed by atoms with E-state index in [0.717, 1.165) is 28.9 Å². The number of halogens is 3. The highest BCUT2D eigenvalue weighted by Gasteiger charge is 2.32. The molecule has 188 valence electrons. The molecule has 1 saturated heterocycles. The van der Waals surface area contributed by atoms with Gasteiger partial charge in [-0.15, -0.1) is 0 Å². The predicted octanol–water partition coefficient (Wildman–Crippen LogP) is 6.81. The number of hydrogen-bond donors (Lipinski definition) is 2. The highest BCUT2D eigenvalue weighted by Crippen LogP contribution is 2.30. The Morgan fingerprint density at radius 3 is 2.31 bits per heavy atom. The van der Waals surface area contributed by atoms with Gasteiger partial charge < -0.3 is 15.5 Å². The first kappa shape index (κ1) is 25.3. The molecule has 1 heterocycles. The zero-order valence-electron chi connectivity index (χ0n) is 20.1. The number of carbonyl (C=O) groups is 2. The number of piperidine rings is 1. The van der Waals surface area contributed by atoms with E-state index >= 15 is 0 Å². The van der Waals surface area contributed by atoms with Crippen LogP contribution in [0.5, 0.6) is 0 Å². The van der Waals surface area contributed by atoms with Crippen molar-refractivity contribution in [2.45, 2.75) is 44.8 Å². The van der Waals surface area contributed by atoms with Crippen molar-refractivity contribution in [1.82, 2.24) is 5.32 Å². The fraction of sp³-hybridized carbons (Fsp3) is 0.286. The van der Waals surface area contributed by atoms with Gasteiger partial charge >= 0.3 is 12.2 Å². The minimum absolute atomic E-state index is 0.206. The topological polar surface area (TPSA) is 61.4 Å². The van der Waals surface area contributed by atoms with Gasteiger partial charge in [-0.2, -0.15) is 13.2 Å². The molecule has 3 aromatic rings. The van der Waals surface area contributed by atoms with Gasteiger partial charge in [0, 0.05) is 17.9 Å². The summed E-state index contributed by atoms with van der Waals surface area (Å²) in [5.41, 5.74) is 3.57. The first-order valence-electron chi connectivity index (χ1n) is 11.9. The van der Waals surface area contributed by atoms with Gasteiger partial charge in [0.05, 0.1) is 5.56 Å². The minimum atomic E-state index is -4.45. The van der Waals surface area contributed by atoms with Crippen molar-refractivity contribution >= 4 is 23.3 Å². The van der Waals surface area contributed by atoms with Crippen molar-refractivity contribution < 1.29 is 22.8 Å². The van der Waals surface area contributed by atoms with E-state index in [4.69, 9.17) is 0 Å². The average Bonchev–Trinajstić information content (AvgIpc) is 2.85. The zero-order valence-corrected chi connectivity index (χ0v) is 20.1. The molecule has 36 heavy (non-hydrogen) atoms. The van der Waals surface area contributed by atoms with Gasteiger partial charge in [0.2, 0.25) is 5.91 Å². The third-order valence-corrected chi connectivity index (χ3v) is 6.28. The van der Waals surface area contributed by atoms with E-state index in [1.807, 2.05) is 30.3 Å². The molecule has 4 rings (SSSR count). The lowest BCUT2D eigenvalue weighted by molar-refractivity contribution is -0.137. The summed E-state index contributed by atoms with van der Waals surface area (Å²) >= 11 is 0. The van der Waals surface area contributed by atoms with Gasteiger partial charge in [-0.3, -0.25) is 4.79 Å². The quantitative estimate of drug-likeness (QED) is 0.408. The Morgan fingerprint density at radius 2 is 1.67 bits per heavy atom. The summed E-state index contributed by atoms with van der Waals surface area (Å²) in [4.78, 5) is 27.2. The molecule has 1 fully saturated rings. The molecule has 0 radical (unpaired) electrons. The minimum Gasteiger partial charge on any atom is -0.326 e. The number of amides is 3. The highest BCUT2D eigenvalue weighted by atomic mass is 19.4. The Kier molecular flexibility index (Phi) is 7.33. The SMILES string of the molecule is CC(C)c1cccc(-c2ccc(N3CCC[C@@H](NC(=O)Nc4ccc(C(F)(F)F)cc4)C3=O)cc2)c1. The fourth-order valence-electron chi connectivity index (χ4n) is 4.24. The summed E-state index contributed by atoms with van der Waals surface area (Å²) in [5.74, 6) is 0.203. The molecule has 1 aliphatic heterocycles. The van der Waals surface area contributed by atoms with Crippen molar-refractivity contribution in [3.05, 3.63) is 83.9 Å². The lowest BCUT2D eigenvalue weighted by Gasteiger charge is -2.32. The van der Waals surface area contributed by atoms with Gasteiger partial charge in [-0.05, 0) is 71.8 Å². The molecule has 0 unspecified atom stereocenters. The number of urea groups is 1. The highest BCUT2D eigenvalue weighted by molar-refractivity contribution is 6.01. The first-order valence-corrected chi connectivity index (χ1v) is 11.9. The standard InChI is InChI=1S/C28H28F3N3O2/c1-18(2)20-5-3-6-21(17-20)19-8-14-24(15-9-19)34-16-4-7-25(26(34)35)33-27(36)32-23-12-10-22(11-13-23)28(29,30)31/h3,5-6,8-15,17-18,25H,4,7,16H2,1-2H3,(H2,32,33,36)/t25-/m1/s1. The van der Waals surface area contributed by atoms with Crippen molar-refractivity contribution in [3.8, 4) is 11.1 Å². The van der Waals surface area contributed by atoms with Crippen LogP contribution in [0.3, 0.4) is 0 Å². The molecule has 3 amide bonds. The summed E-state index contributed by atoms with van der Waals surface area (Å²) in [6, 6.07) is 18.9. The van der Waals surface area contributed by atoms with Crippen LogP contribution < -0.4 is 15.5 Å². The van der Waals surface area contributed by atoms with E-state index in [2.05, 4.69) is 42.7 Å². The van der Waals surface area contributed by atoms with Gasteiger partial charge in [0.1, 0.15) is 6.04 Å². The molecular weight excluding hydrogens is 467 g/mol. The predicted molar refractivity (Wildman–Crippen MR) is 135 cm³/mol. The molecule has 1 aliphatic rings. The van der Waals surface area contributed by atoms with Crippen LogP contribution in [0.1, 0.15) is 43.7 Å². The Hall–Kier alpha value is -3.81. The maximum atomic E-state index is 13.1. The summed E-state index contributed by atoms with van der Waals surface area (Å²) in [5, 5.41) is 5.15. The van der Waals surface area contributed by atoms with Crippen LogP contribution in [0.2, 0.25) is 0 Å². The van der Waals surface area contributed by atoms with Crippen LogP contribution in [-0.2, 0) is 11.0 Å². The number of benzene rings is 3. The Bertz CT molecular complexity index is 1220. The Labute approximate surface area is 208 Å². The van der Waals surface area contributed by atoms with E-state index in [0.29, 0.717) is 25.3 Å². The van der Waals surface area contributed by atoms with E-state index < -0.39 is 23.8 Å². The van der Waals surface area contributed by atoms with Crippen molar-refractivity contribution in [1.29, 1.82) is 0 Å². The second kappa shape index (κ2) is 10.4. The molecule has 0 aromatic heterocycles. The van der Waals surface area contributed by atoms with Gasteiger partial charge in [-0.25, -0.2) is 4.79 Å². The molecule has 2 N–H and O–H groups in total. The van der Waals surface area contributed by atoms with Crippen LogP contribution in [0.4, 0.5) is 29.3 Å². The number of rotatable bonds is 5. The molecule has 0 aliphatic carbocycles. The van der Waals surface area contributed by atoms with E-state index in [1.54, 1.807) is 4.90 Å². The van der Waals surface area contributed by atoms with Crippen molar-refractivity contribution in [2.75, 3.05) is 16.8 Å². The molecule has 1 atom stereocenters. The van der Waals surface area contributed by atoms with Crippen LogP contribution in [0, 0.1) is 0 Å². The lowest BCUT2D eigenvalue weighted by Crippen LogP contribution is -2.53. The Morgan fingerprint density at radius 1 is 0.972 bits per heavy atom. The maximum absolute atomic E-state index is 13.1. The van der Waals surface area contributed by atoms with Crippen LogP contribution in [0.25, 0.3) is 11.1 Å². The summed E-state index contributed by atoms with van der Waals surface area (Å²) in [6.45, 7) is 4.84. The second-order valence-corrected chi connectivity index (χ2v) is 9.19. The largest absolute Gasteiger partial charge is 0.416 e. The summed E-state index contributed by atoms with van der Waals surface area (Å²) in [7, 11) is 0. The molecular formula is C28H28F3N3O2. The Balaban J connectivity index is 1.40. The lowest BCUT2D eigenvalue weighted by atomic mass is 9.97. The summed E-state index contributed by atoms with van der Waals surface area (Å²) < 4.78 is 38.2. The van der Waals surface area contributed by atoms with Crippen LogP contribution in [0.15, 0.2) is 72.8 Å². The molecule has 0 saturated carbocycles. The first-order chi connectivity index (χ1) is 17.1. The van der Waals surface area contributed by atoms with Gasteiger partial charge in [0.15, 0.2) is 0 Å². The molecule has 0 spiro atoms. The number of anilines is 2. The van der Waals surface area contributed by atoms with Gasteiger partial charge in [0.25, 0.3) is 0 Å². The van der Waals surface area contributed by atoms with Crippen LogP contribution >= 0.6 is 0 Å². The van der Waals surface area contributed by atoms with Crippen molar-refractivity contribution in [3.63, 3.8) is 0 Å². The third kappa shape index (κ3) is 5.87. The van der Waals surface area contributed by atoms with Gasteiger partial charge in [-0.1, -0.05) is 50.2 Å². The number of alkyl halides is 3. The number of nitrogens with zero attached hydrogens (tertiary/aromatic N) is 1. The number of nitrogens with one attached hydrogen (secondary N) is 2. The monoisotopic (exact) mass is 495 g/mol. The van der Waals surface area contributed by atoms with E-state index in [1.165, 1.54) is 17.7 Å². The molecule has 5 nitrogen and oxygen atoms in total. The van der Waals surface area contributed by atoms with Crippen LogP contribution in [-0.4, -0.2) is 24.5 Å². The number of carbonyl (C=O) groups excluding carboxylic acids is 2. The molecule has 0 bridgehead atoms. The normalized spacial score (nSPS) is 16.2. The zero-order chi connectivity index (χ0) is 25.9. The molecule has 3 aromatic carbocycles. The van der Waals surface area contributed by atoms with E-state index in [-0.39, 0.29) is 11.6 Å². The summed E-state index contributed by atoms with van der Waals surface area (Å²) in [6.07, 6.45) is -3.26. The van der Waals surface area contributed by atoms with Crippen molar-refractivity contribution in [2.24, 2.45) is 0 Å². The average molecular weight is 496 g/mol. The second-order valence-electron chi connectivity index (χ2n) is 9.19. The number of hydrogen-bond acceptors (Lipinski definition) is 2. The third-order valence-electron chi connectivity index (χ3n) is 6.28.